The maximum atomic E-state index is 13.1. The van der Waals surface area contributed by atoms with Crippen LogP contribution in [0.2, 0.25) is 5.02 Å². The van der Waals surface area contributed by atoms with Gasteiger partial charge in [-0.05, 0) is 42.8 Å². The summed E-state index contributed by atoms with van der Waals surface area (Å²) in [4.78, 5) is 0. The van der Waals surface area contributed by atoms with Crippen molar-refractivity contribution in [1.82, 2.24) is 5.32 Å². The molecule has 0 fully saturated rings. The summed E-state index contributed by atoms with van der Waals surface area (Å²) in [6.07, 6.45) is 0. The van der Waals surface area contributed by atoms with E-state index in [1.165, 1.54) is 6.07 Å². The van der Waals surface area contributed by atoms with Crippen molar-refractivity contribution in [2.45, 2.75) is 19.5 Å². The van der Waals surface area contributed by atoms with Gasteiger partial charge in [-0.15, -0.1) is 0 Å². The van der Waals surface area contributed by atoms with E-state index >= 15 is 0 Å². The number of benzene rings is 2. The maximum absolute atomic E-state index is 13.1. The summed E-state index contributed by atoms with van der Waals surface area (Å²) < 4.78 is 18.3. The molecule has 2 aromatic rings. The van der Waals surface area contributed by atoms with Crippen molar-refractivity contribution < 1.29 is 14.2 Å². The molecule has 1 atom stereocenters. The summed E-state index contributed by atoms with van der Waals surface area (Å²) in [5.74, 6) is 0.452. The van der Waals surface area contributed by atoms with E-state index in [9.17, 15) is 9.50 Å². The molecule has 21 heavy (non-hydrogen) atoms. The van der Waals surface area contributed by atoms with Crippen LogP contribution in [0, 0.1) is 5.82 Å². The molecule has 0 saturated heterocycles. The van der Waals surface area contributed by atoms with E-state index in [2.05, 4.69) is 5.32 Å². The van der Waals surface area contributed by atoms with E-state index in [0.717, 1.165) is 11.1 Å². The van der Waals surface area contributed by atoms with Crippen molar-refractivity contribution >= 4 is 11.6 Å². The quantitative estimate of drug-likeness (QED) is 0.875. The summed E-state index contributed by atoms with van der Waals surface area (Å²) in [6, 6.07) is 9.59. The number of aromatic hydroxyl groups is 1. The Balaban J connectivity index is 2.07. The molecule has 0 amide bonds. The molecule has 0 spiro atoms. The molecule has 0 radical (unpaired) electrons. The second-order valence-corrected chi connectivity index (χ2v) is 5.18. The highest BCUT2D eigenvalue weighted by molar-refractivity contribution is 6.30. The van der Waals surface area contributed by atoms with Crippen molar-refractivity contribution in [3.8, 4) is 11.5 Å². The van der Waals surface area contributed by atoms with Crippen LogP contribution in [-0.4, -0.2) is 12.2 Å². The summed E-state index contributed by atoms with van der Waals surface area (Å²) >= 11 is 5.75. The minimum Gasteiger partial charge on any atom is -0.508 e. The van der Waals surface area contributed by atoms with Gasteiger partial charge in [0.25, 0.3) is 0 Å². The van der Waals surface area contributed by atoms with Crippen molar-refractivity contribution in [3.63, 3.8) is 0 Å². The lowest BCUT2D eigenvalue weighted by Gasteiger charge is -2.16. The van der Waals surface area contributed by atoms with Gasteiger partial charge in [-0.1, -0.05) is 17.7 Å². The number of hydrogen-bond donors (Lipinski definition) is 2. The van der Waals surface area contributed by atoms with Crippen LogP contribution in [-0.2, 0) is 6.54 Å². The summed E-state index contributed by atoms with van der Waals surface area (Å²) in [5, 5.41) is 13.3. The Morgan fingerprint density at radius 3 is 2.71 bits per heavy atom. The normalized spacial score (nSPS) is 12.2. The number of halogens is 2. The van der Waals surface area contributed by atoms with Gasteiger partial charge in [0.2, 0.25) is 0 Å². The van der Waals surface area contributed by atoms with E-state index in [-0.39, 0.29) is 16.8 Å². The maximum Gasteiger partial charge on any atom is 0.141 e. The Kier molecular flexibility index (Phi) is 5.04. The highest BCUT2D eigenvalue weighted by atomic mass is 35.5. The molecule has 0 aliphatic heterocycles. The number of methoxy groups -OCH3 is 1. The Morgan fingerprint density at radius 2 is 2.05 bits per heavy atom. The van der Waals surface area contributed by atoms with Crippen LogP contribution in [0.25, 0.3) is 0 Å². The number of rotatable bonds is 5. The van der Waals surface area contributed by atoms with E-state index in [0.29, 0.717) is 12.3 Å². The largest absolute Gasteiger partial charge is 0.508 e. The molecule has 0 aliphatic carbocycles. The van der Waals surface area contributed by atoms with Gasteiger partial charge in [-0.2, -0.15) is 0 Å². The molecule has 112 valence electrons. The molecule has 5 heteroatoms. The molecule has 0 saturated carbocycles. The fourth-order valence-electron chi connectivity index (χ4n) is 2.04. The lowest BCUT2D eigenvalue weighted by Crippen LogP contribution is -2.18. The predicted molar refractivity (Wildman–Crippen MR) is 81.3 cm³/mol. The molecule has 0 aromatic heterocycles. The van der Waals surface area contributed by atoms with Crippen LogP contribution < -0.4 is 10.1 Å². The molecule has 0 aliphatic rings. The Hall–Kier alpha value is -1.78. The number of phenols is 1. The van der Waals surface area contributed by atoms with Gasteiger partial charge in [-0.25, -0.2) is 4.39 Å². The monoisotopic (exact) mass is 309 g/mol. The van der Waals surface area contributed by atoms with Crippen LogP contribution in [0.3, 0.4) is 0 Å². The molecular formula is C16H17ClFNO2. The Bertz CT molecular complexity index is 634. The molecule has 2 rings (SSSR count). The van der Waals surface area contributed by atoms with Crippen molar-refractivity contribution in [2.75, 3.05) is 7.11 Å². The number of ether oxygens (including phenoxy) is 1. The van der Waals surface area contributed by atoms with Gasteiger partial charge < -0.3 is 15.2 Å². The molecule has 2 aromatic carbocycles. The zero-order chi connectivity index (χ0) is 15.4. The van der Waals surface area contributed by atoms with Crippen LogP contribution >= 0.6 is 11.6 Å². The topological polar surface area (TPSA) is 41.5 Å². The fraction of sp³-hybridized carbons (Fsp3) is 0.250. The highest BCUT2D eigenvalue weighted by Crippen LogP contribution is 2.28. The van der Waals surface area contributed by atoms with Gasteiger partial charge in [0, 0.05) is 18.2 Å². The first kappa shape index (κ1) is 15.6. The summed E-state index contributed by atoms with van der Waals surface area (Å²) in [7, 11) is 1.58. The summed E-state index contributed by atoms with van der Waals surface area (Å²) in [5.41, 5.74) is 1.61. The van der Waals surface area contributed by atoms with Crippen molar-refractivity contribution in [3.05, 3.63) is 58.4 Å². The third kappa shape index (κ3) is 3.86. The third-order valence-corrected chi connectivity index (χ3v) is 3.59. The zero-order valence-electron chi connectivity index (χ0n) is 11.9. The van der Waals surface area contributed by atoms with Gasteiger partial charge in [0.1, 0.15) is 17.3 Å². The van der Waals surface area contributed by atoms with Crippen LogP contribution in [0.5, 0.6) is 11.5 Å². The predicted octanol–water partition coefficient (Wildman–Crippen LogP) is 4.04. The number of phenolic OH excluding ortho intramolecular Hbond substituents is 1. The van der Waals surface area contributed by atoms with Crippen molar-refractivity contribution in [1.29, 1.82) is 0 Å². The average Bonchev–Trinajstić information content (AvgIpc) is 2.48. The van der Waals surface area contributed by atoms with Gasteiger partial charge in [0.05, 0.1) is 12.1 Å². The minimum atomic E-state index is -0.432. The zero-order valence-corrected chi connectivity index (χ0v) is 12.6. The first-order chi connectivity index (χ1) is 10.0. The lowest BCUT2D eigenvalue weighted by atomic mass is 10.1. The van der Waals surface area contributed by atoms with E-state index in [4.69, 9.17) is 16.3 Å². The molecule has 0 bridgehead atoms. The number of hydrogen-bond acceptors (Lipinski definition) is 3. The molecule has 3 nitrogen and oxygen atoms in total. The first-order valence-corrected chi connectivity index (χ1v) is 6.93. The van der Waals surface area contributed by atoms with Gasteiger partial charge in [0.15, 0.2) is 0 Å². The standard InChI is InChI=1S/C16H17ClFNO2/c1-10(13-8-12(21-2)4-6-16(13)20)19-9-11-3-5-15(18)14(17)7-11/h3-8,10,19-20H,9H2,1-2H3. The summed E-state index contributed by atoms with van der Waals surface area (Å²) in [6.45, 7) is 2.44. The third-order valence-electron chi connectivity index (χ3n) is 3.30. The van der Waals surface area contributed by atoms with Gasteiger partial charge >= 0.3 is 0 Å². The van der Waals surface area contributed by atoms with Crippen LogP contribution in [0.15, 0.2) is 36.4 Å². The highest BCUT2D eigenvalue weighted by Gasteiger charge is 2.11. The molecule has 0 heterocycles. The minimum absolute atomic E-state index is 0.0936. The average molecular weight is 310 g/mol. The lowest BCUT2D eigenvalue weighted by molar-refractivity contribution is 0.407. The van der Waals surface area contributed by atoms with E-state index < -0.39 is 5.82 Å². The molecular weight excluding hydrogens is 293 g/mol. The molecule has 1 unspecified atom stereocenters. The van der Waals surface area contributed by atoms with Crippen molar-refractivity contribution in [2.24, 2.45) is 0 Å². The van der Waals surface area contributed by atoms with Crippen LogP contribution in [0.1, 0.15) is 24.1 Å². The van der Waals surface area contributed by atoms with Gasteiger partial charge in [-0.3, -0.25) is 0 Å². The van der Waals surface area contributed by atoms with E-state index in [1.54, 1.807) is 37.4 Å². The smallest absolute Gasteiger partial charge is 0.141 e. The Morgan fingerprint density at radius 1 is 1.29 bits per heavy atom. The number of nitrogens with one attached hydrogen (secondary N) is 1. The SMILES string of the molecule is COc1ccc(O)c(C(C)NCc2ccc(F)c(Cl)c2)c1. The first-order valence-electron chi connectivity index (χ1n) is 6.55. The van der Waals surface area contributed by atoms with E-state index in [1.807, 2.05) is 6.92 Å². The molecule has 2 N–H and O–H groups in total. The van der Waals surface area contributed by atoms with Crippen LogP contribution in [0.4, 0.5) is 4.39 Å². The second-order valence-electron chi connectivity index (χ2n) is 4.78. The second kappa shape index (κ2) is 6.78. The fourth-order valence-corrected chi connectivity index (χ4v) is 2.24. The Labute approximate surface area is 128 Å².